The molecule has 10 heteroatoms. The molecular formula is C18H16F5N3O2. The molecule has 0 aliphatic carbocycles. The van der Waals surface area contributed by atoms with E-state index in [0.29, 0.717) is 0 Å². The Morgan fingerprint density at radius 2 is 1.75 bits per heavy atom. The van der Waals surface area contributed by atoms with E-state index in [0.717, 1.165) is 30.5 Å². The number of hydrogen-bond acceptors (Lipinski definition) is 2. The second kappa shape index (κ2) is 8.24. The number of benzene rings is 1. The number of anilines is 1. The van der Waals surface area contributed by atoms with Gasteiger partial charge in [-0.25, -0.2) is 8.78 Å². The number of H-pyrrole nitrogens is 1. The summed E-state index contributed by atoms with van der Waals surface area (Å²) in [6.45, 7) is 2.87. The Balaban J connectivity index is 2.22. The van der Waals surface area contributed by atoms with E-state index in [4.69, 9.17) is 0 Å². The summed E-state index contributed by atoms with van der Waals surface area (Å²) in [6.07, 6.45) is 0.00642. The first kappa shape index (κ1) is 21.1. The fraction of sp³-hybridized carbons (Fsp3) is 0.222. The van der Waals surface area contributed by atoms with Gasteiger partial charge in [0.15, 0.2) is 17.7 Å². The zero-order chi connectivity index (χ0) is 21.1. The van der Waals surface area contributed by atoms with Crippen LogP contribution in [0.3, 0.4) is 0 Å². The van der Waals surface area contributed by atoms with Crippen LogP contribution in [0.15, 0.2) is 42.1 Å². The molecule has 1 atom stereocenters. The van der Waals surface area contributed by atoms with Crippen molar-refractivity contribution in [1.29, 1.82) is 0 Å². The van der Waals surface area contributed by atoms with E-state index in [9.17, 15) is 31.5 Å². The highest BCUT2D eigenvalue weighted by Crippen LogP contribution is 2.27. The lowest BCUT2D eigenvalue weighted by Gasteiger charge is -2.22. The van der Waals surface area contributed by atoms with E-state index in [1.165, 1.54) is 19.9 Å². The number of nitrogens with one attached hydrogen (secondary N) is 3. The molecule has 2 aromatic rings. The van der Waals surface area contributed by atoms with Gasteiger partial charge in [-0.2, -0.15) is 13.2 Å². The van der Waals surface area contributed by atoms with Crippen LogP contribution in [0, 0.1) is 11.6 Å². The number of alkyl halides is 3. The fourth-order valence-corrected chi connectivity index (χ4v) is 2.50. The van der Waals surface area contributed by atoms with Crippen molar-refractivity contribution in [3.63, 3.8) is 0 Å². The number of aromatic amines is 1. The Bertz CT molecular complexity index is 960. The Morgan fingerprint density at radius 1 is 1.11 bits per heavy atom. The first-order chi connectivity index (χ1) is 13.1. The average molecular weight is 401 g/mol. The molecule has 0 fully saturated rings. The van der Waals surface area contributed by atoms with Gasteiger partial charge in [-0.1, -0.05) is 18.2 Å². The highest BCUT2D eigenvalue weighted by atomic mass is 19.4. The number of allylic oxidation sites excluding steroid dienone is 2. The van der Waals surface area contributed by atoms with Gasteiger partial charge in [0.05, 0.1) is 11.2 Å². The van der Waals surface area contributed by atoms with Crippen molar-refractivity contribution in [2.45, 2.75) is 26.1 Å². The van der Waals surface area contributed by atoms with E-state index in [1.54, 1.807) is 5.32 Å². The maximum absolute atomic E-state index is 13.4. The van der Waals surface area contributed by atoms with Crippen LogP contribution in [0.4, 0.5) is 27.6 Å². The van der Waals surface area contributed by atoms with Gasteiger partial charge >= 0.3 is 18.0 Å². The third kappa shape index (κ3) is 4.56. The zero-order valence-electron chi connectivity index (χ0n) is 14.7. The van der Waals surface area contributed by atoms with Crippen LogP contribution in [0.2, 0.25) is 0 Å². The number of rotatable bonds is 4. The summed E-state index contributed by atoms with van der Waals surface area (Å²) in [5, 5.41) is 3.77. The molecule has 2 rings (SSSR count). The lowest BCUT2D eigenvalue weighted by atomic mass is 10.1. The van der Waals surface area contributed by atoms with Gasteiger partial charge < -0.3 is 15.6 Å². The second-order valence-electron chi connectivity index (χ2n) is 5.71. The summed E-state index contributed by atoms with van der Waals surface area (Å²) in [6, 6.07) is -0.756. The maximum atomic E-state index is 13.4. The van der Waals surface area contributed by atoms with Gasteiger partial charge in [-0.05, 0) is 25.5 Å². The van der Waals surface area contributed by atoms with Crippen LogP contribution in [-0.4, -0.2) is 29.0 Å². The van der Waals surface area contributed by atoms with Crippen LogP contribution >= 0.6 is 0 Å². The first-order valence-corrected chi connectivity index (χ1v) is 8.02. The molecule has 28 heavy (non-hydrogen) atoms. The molecule has 2 amide bonds. The number of hydrogen-bond donors (Lipinski definition) is 3. The van der Waals surface area contributed by atoms with Gasteiger partial charge in [0, 0.05) is 17.6 Å². The molecule has 0 aliphatic rings. The minimum absolute atomic E-state index is 0.0514. The van der Waals surface area contributed by atoms with Crippen molar-refractivity contribution in [1.82, 2.24) is 10.3 Å². The standard InChI is InChI=1S/C18H16F5N3O2/c1-3-5-9(4-2)15(18(21,22)23)26-17(28)16(27)25-14-8-24-13-7-12(20)11(19)6-10(13)14/h3-8,15,24H,1-2H3,(H,25,27)(H,26,28)/b5-3-,9-4+. The molecule has 1 heterocycles. The number of carbonyl (C=O) groups is 2. The Morgan fingerprint density at radius 3 is 2.32 bits per heavy atom. The normalized spacial score (nSPS) is 13.8. The van der Waals surface area contributed by atoms with Crippen molar-refractivity contribution >= 4 is 28.4 Å². The van der Waals surface area contributed by atoms with Crippen molar-refractivity contribution < 1.29 is 31.5 Å². The second-order valence-corrected chi connectivity index (χ2v) is 5.71. The molecule has 0 saturated heterocycles. The first-order valence-electron chi connectivity index (χ1n) is 8.02. The van der Waals surface area contributed by atoms with Crippen molar-refractivity contribution in [3.05, 3.63) is 53.8 Å². The highest BCUT2D eigenvalue weighted by Gasteiger charge is 2.43. The molecule has 150 valence electrons. The molecule has 1 unspecified atom stereocenters. The highest BCUT2D eigenvalue weighted by molar-refractivity contribution is 6.40. The van der Waals surface area contributed by atoms with E-state index in [2.05, 4.69) is 10.3 Å². The Labute approximate surface area is 156 Å². The molecular weight excluding hydrogens is 385 g/mol. The predicted octanol–water partition coefficient (Wildman–Crippen LogP) is 3.95. The van der Waals surface area contributed by atoms with Crippen LogP contribution in [0.25, 0.3) is 10.9 Å². The monoisotopic (exact) mass is 401 g/mol. The van der Waals surface area contributed by atoms with E-state index in [-0.39, 0.29) is 22.2 Å². The zero-order valence-corrected chi connectivity index (χ0v) is 14.7. The number of halogens is 5. The van der Waals surface area contributed by atoms with Gasteiger partial charge in [0.2, 0.25) is 0 Å². The quantitative estimate of drug-likeness (QED) is 0.412. The third-order valence-corrected chi connectivity index (χ3v) is 3.81. The van der Waals surface area contributed by atoms with Crippen molar-refractivity contribution in [3.8, 4) is 0 Å². The summed E-state index contributed by atoms with van der Waals surface area (Å²) >= 11 is 0. The molecule has 0 aliphatic heterocycles. The van der Waals surface area contributed by atoms with Crippen molar-refractivity contribution in [2.75, 3.05) is 5.32 Å². The van der Waals surface area contributed by atoms with Crippen LogP contribution in [-0.2, 0) is 9.59 Å². The molecule has 3 N–H and O–H groups in total. The average Bonchev–Trinajstić information content (AvgIpc) is 2.98. The Kier molecular flexibility index (Phi) is 6.22. The van der Waals surface area contributed by atoms with Gasteiger partial charge in [0.25, 0.3) is 0 Å². The third-order valence-electron chi connectivity index (χ3n) is 3.81. The van der Waals surface area contributed by atoms with Gasteiger partial charge in [0.1, 0.15) is 0 Å². The van der Waals surface area contributed by atoms with Crippen LogP contribution in [0.5, 0.6) is 0 Å². The molecule has 0 spiro atoms. The Hall–Kier alpha value is -3.17. The lowest BCUT2D eigenvalue weighted by Crippen LogP contribution is -2.49. The van der Waals surface area contributed by atoms with Crippen LogP contribution < -0.4 is 10.6 Å². The lowest BCUT2D eigenvalue weighted by molar-refractivity contribution is -0.155. The smallest absolute Gasteiger partial charge is 0.359 e. The number of fused-ring (bicyclic) bond motifs is 1. The molecule has 5 nitrogen and oxygen atoms in total. The summed E-state index contributed by atoms with van der Waals surface area (Å²) in [7, 11) is 0. The predicted molar refractivity (Wildman–Crippen MR) is 93.4 cm³/mol. The molecule has 0 radical (unpaired) electrons. The number of aromatic nitrogens is 1. The summed E-state index contributed by atoms with van der Waals surface area (Å²) in [4.78, 5) is 26.6. The maximum Gasteiger partial charge on any atom is 0.412 e. The van der Waals surface area contributed by atoms with Crippen molar-refractivity contribution in [2.24, 2.45) is 0 Å². The molecule has 1 aromatic heterocycles. The number of carbonyl (C=O) groups excluding carboxylic acids is 2. The van der Waals surface area contributed by atoms with E-state index < -0.39 is 35.7 Å². The molecule has 0 bridgehead atoms. The topological polar surface area (TPSA) is 74.0 Å². The van der Waals surface area contributed by atoms with Gasteiger partial charge in [-0.15, -0.1) is 0 Å². The summed E-state index contributed by atoms with van der Waals surface area (Å²) in [5.74, 6) is -5.24. The van der Waals surface area contributed by atoms with E-state index >= 15 is 0 Å². The SMILES string of the molecule is C/C=C\C(=C/C)C(NC(=O)C(=O)Nc1c[nH]c2cc(F)c(F)cc12)C(F)(F)F. The van der Waals surface area contributed by atoms with Gasteiger partial charge in [-0.3, -0.25) is 9.59 Å². The minimum Gasteiger partial charge on any atom is -0.359 e. The summed E-state index contributed by atoms with van der Waals surface area (Å²) < 4.78 is 66.4. The minimum atomic E-state index is -4.83. The van der Waals surface area contributed by atoms with E-state index in [1.807, 2.05) is 0 Å². The molecule has 0 saturated carbocycles. The molecule has 1 aromatic carbocycles. The fourth-order valence-electron chi connectivity index (χ4n) is 2.50. The van der Waals surface area contributed by atoms with Crippen LogP contribution in [0.1, 0.15) is 13.8 Å². The summed E-state index contributed by atoms with van der Waals surface area (Å²) in [5.41, 5.74) is -0.204. The number of amides is 2. The largest absolute Gasteiger partial charge is 0.412 e.